The second kappa shape index (κ2) is 7.64. The maximum atomic E-state index is 11.7. The molecule has 0 aliphatic carbocycles. The molecule has 0 saturated heterocycles. The van der Waals surface area contributed by atoms with Crippen LogP contribution in [0.3, 0.4) is 0 Å². The highest BCUT2D eigenvalue weighted by molar-refractivity contribution is 7.99. The molecule has 21 heavy (non-hydrogen) atoms. The van der Waals surface area contributed by atoms with Crippen molar-refractivity contribution < 1.29 is 0 Å². The summed E-state index contributed by atoms with van der Waals surface area (Å²) in [6, 6.07) is 10.3. The molecule has 0 N–H and O–H groups in total. The van der Waals surface area contributed by atoms with Gasteiger partial charge in [0.05, 0.1) is 11.1 Å². The van der Waals surface area contributed by atoms with Gasteiger partial charge >= 0.3 is 0 Å². The van der Waals surface area contributed by atoms with Gasteiger partial charge in [-0.25, -0.2) is 4.68 Å². The number of aromatic nitrogens is 2. The van der Waals surface area contributed by atoms with Crippen molar-refractivity contribution >= 4 is 23.4 Å². The van der Waals surface area contributed by atoms with Gasteiger partial charge in [-0.3, -0.25) is 4.79 Å². The highest BCUT2D eigenvalue weighted by atomic mass is 35.5. The Hall–Kier alpha value is -1.30. The zero-order chi connectivity index (χ0) is 15.2. The van der Waals surface area contributed by atoms with Gasteiger partial charge in [0.2, 0.25) is 0 Å². The molecule has 0 bridgehead atoms. The summed E-state index contributed by atoms with van der Waals surface area (Å²) >= 11 is 7.60. The number of benzene rings is 1. The molecule has 0 aliphatic rings. The van der Waals surface area contributed by atoms with E-state index in [4.69, 9.17) is 11.6 Å². The van der Waals surface area contributed by atoms with Crippen LogP contribution in [0.1, 0.15) is 5.56 Å². The highest BCUT2D eigenvalue weighted by Crippen LogP contribution is 2.22. The van der Waals surface area contributed by atoms with Crippen LogP contribution in [0, 0.1) is 0 Å². The molecule has 1 aromatic heterocycles. The zero-order valence-electron chi connectivity index (χ0n) is 12.1. The Labute approximate surface area is 133 Å². The van der Waals surface area contributed by atoms with Crippen molar-refractivity contribution in [3.8, 4) is 0 Å². The van der Waals surface area contributed by atoms with Crippen molar-refractivity contribution in [1.29, 1.82) is 0 Å². The molecule has 0 amide bonds. The molecular weight excluding hydrogens is 306 g/mol. The fourth-order valence-corrected chi connectivity index (χ4v) is 3.18. The first-order valence-electron chi connectivity index (χ1n) is 6.65. The van der Waals surface area contributed by atoms with Crippen molar-refractivity contribution in [2.24, 2.45) is 7.05 Å². The molecule has 6 heteroatoms. The van der Waals surface area contributed by atoms with E-state index in [0.29, 0.717) is 0 Å². The average Bonchev–Trinajstić information content (AvgIpc) is 2.48. The first kappa shape index (κ1) is 16.1. The van der Waals surface area contributed by atoms with Crippen molar-refractivity contribution in [1.82, 2.24) is 14.7 Å². The molecule has 1 aromatic carbocycles. The average molecular weight is 324 g/mol. The van der Waals surface area contributed by atoms with E-state index in [0.717, 1.165) is 23.7 Å². The summed E-state index contributed by atoms with van der Waals surface area (Å²) in [6.07, 6.45) is 1.64. The third-order valence-electron chi connectivity index (χ3n) is 3.07. The second-order valence-corrected chi connectivity index (χ2v) is 6.34. The summed E-state index contributed by atoms with van der Waals surface area (Å²) < 4.78 is 1.24. The lowest BCUT2D eigenvalue weighted by Crippen LogP contribution is -2.22. The Balaban J connectivity index is 1.84. The molecule has 2 rings (SSSR count). The molecule has 2 aromatic rings. The van der Waals surface area contributed by atoms with Crippen molar-refractivity contribution in [2.75, 3.05) is 19.3 Å². The van der Waals surface area contributed by atoms with Gasteiger partial charge in [-0.05, 0) is 12.6 Å². The lowest BCUT2D eigenvalue weighted by molar-refractivity contribution is 0.348. The largest absolute Gasteiger partial charge is 0.301 e. The monoisotopic (exact) mass is 323 g/mol. The van der Waals surface area contributed by atoms with Gasteiger partial charge in [-0.1, -0.05) is 41.9 Å². The van der Waals surface area contributed by atoms with E-state index in [9.17, 15) is 4.79 Å². The van der Waals surface area contributed by atoms with Crippen LogP contribution in [0.15, 0.2) is 46.2 Å². The molecule has 1 heterocycles. The molecule has 0 saturated carbocycles. The summed E-state index contributed by atoms with van der Waals surface area (Å²) in [5.74, 6) is 0.859. The number of thioether (sulfide) groups is 1. The minimum Gasteiger partial charge on any atom is -0.301 e. The van der Waals surface area contributed by atoms with E-state index in [-0.39, 0.29) is 10.6 Å². The molecule has 0 unspecified atom stereocenters. The Morgan fingerprint density at radius 1 is 1.33 bits per heavy atom. The van der Waals surface area contributed by atoms with Gasteiger partial charge in [-0.15, -0.1) is 11.8 Å². The molecule has 112 valence electrons. The maximum absolute atomic E-state index is 11.7. The van der Waals surface area contributed by atoms with Crippen LogP contribution in [0.2, 0.25) is 5.02 Å². The molecular formula is C15H18ClN3OS. The van der Waals surface area contributed by atoms with Gasteiger partial charge in [-0.2, -0.15) is 5.10 Å². The number of hydrogen-bond donors (Lipinski definition) is 0. The van der Waals surface area contributed by atoms with E-state index >= 15 is 0 Å². The van der Waals surface area contributed by atoms with E-state index < -0.39 is 0 Å². The van der Waals surface area contributed by atoms with E-state index in [1.807, 2.05) is 18.2 Å². The number of hydrogen-bond acceptors (Lipinski definition) is 4. The van der Waals surface area contributed by atoms with E-state index in [1.54, 1.807) is 25.0 Å². The standard InChI is InChI=1S/C15H18ClN3OS/c1-18(11-12-6-4-3-5-7-12)8-9-21-13-10-17-19(2)15(20)14(13)16/h3-7,10H,8-9,11H2,1-2H3. The number of halogens is 1. The lowest BCUT2D eigenvalue weighted by Gasteiger charge is -2.16. The number of rotatable bonds is 6. The normalized spacial score (nSPS) is 11.0. The first-order chi connectivity index (χ1) is 10.1. The summed E-state index contributed by atoms with van der Waals surface area (Å²) in [6.45, 7) is 1.81. The van der Waals surface area contributed by atoms with Gasteiger partial charge in [0, 0.05) is 25.9 Å². The van der Waals surface area contributed by atoms with Gasteiger partial charge in [0.25, 0.3) is 5.56 Å². The van der Waals surface area contributed by atoms with Crippen LogP contribution in [0.25, 0.3) is 0 Å². The quantitative estimate of drug-likeness (QED) is 0.766. The summed E-state index contributed by atoms with van der Waals surface area (Å²) in [5.41, 5.74) is 1.04. The Morgan fingerprint density at radius 3 is 2.76 bits per heavy atom. The fraction of sp³-hybridized carbons (Fsp3) is 0.333. The van der Waals surface area contributed by atoms with Gasteiger partial charge in [0.15, 0.2) is 0 Å². The van der Waals surface area contributed by atoms with Crippen LogP contribution in [0.5, 0.6) is 0 Å². The third kappa shape index (κ3) is 4.59. The smallest absolute Gasteiger partial charge is 0.286 e. The summed E-state index contributed by atoms with van der Waals surface area (Å²) in [7, 11) is 3.67. The molecule has 0 radical (unpaired) electrons. The Morgan fingerprint density at radius 2 is 2.05 bits per heavy atom. The van der Waals surface area contributed by atoms with Crippen LogP contribution in [-0.2, 0) is 13.6 Å². The van der Waals surface area contributed by atoms with Crippen molar-refractivity contribution in [2.45, 2.75) is 11.4 Å². The lowest BCUT2D eigenvalue weighted by atomic mass is 10.2. The Kier molecular flexibility index (Phi) is 5.85. The predicted molar refractivity (Wildman–Crippen MR) is 88.0 cm³/mol. The van der Waals surface area contributed by atoms with Gasteiger partial charge < -0.3 is 4.90 Å². The van der Waals surface area contributed by atoms with Crippen LogP contribution in [-0.4, -0.2) is 34.0 Å². The predicted octanol–water partition coefficient (Wildman–Crippen LogP) is 2.66. The fourth-order valence-electron chi connectivity index (χ4n) is 1.88. The van der Waals surface area contributed by atoms with Crippen LogP contribution in [0.4, 0.5) is 0 Å². The molecule has 0 spiro atoms. The summed E-state index contributed by atoms with van der Waals surface area (Å²) in [5, 5.41) is 4.24. The highest BCUT2D eigenvalue weighted by Gasteiger charge is 2.08. The van der Waals surface area contributed by atoms with E-state index in [1.165, 1.54) is 10.2 Å². The number of aryl methyl sites for hydroxylation is 1. The topological polar surface area (TPSA) is 38.1 Å². The maximum Gasteiger partial charge on any atom is 0.286 e. The van der Waals surface area contributed by atoms with Crippen molar-refractivity contribution in [3.63, 3.8) is 0 Å². The molecule has 0 atom stereocenters. The minimum atomic E-state index is -0.251. The van der Waals surface area contributed by atoms with Gasteiger partial charge in [0.1, 0.15) is 5.02 Å². The van der Waals surface area contributed by atoms with E-state index in [2.05, 4.69) is 29.2 Å². The molecule has 0 aliphatic heterocycles. The third-order valence-corrected chi connectivity index (χ3v) is 4.56. The van der Waals surface area contributed by atoms with Crippen LogP contribution < -0.4 is 5.56 Å². The molecule has 4 nitrogen and oxygen atoms in total. The second-order valence-electron chi connectivity index (χ2n) is 4.82. The summed E-state index contributed by atoms with van der Waals surface area (Å²) in [4.78, 5) is 14.7. The molecule has 0 fully saturated rings. The zero-order valence-corrected chi connectivity index (χ0v) is 13.7. The minimum absolute atomic E-state index is 0.251. The number of nitrogens with zero attached hydrogens (tertiary/aromatic N) is 3. The van der Waals surface area contributed by atoms with Crippen molar-refractivity contribution in [3.05, 3.63) is 57.5 Å². The Bertz CT molecular complexity index is 645. The first-order valence-corrected chi connectivity index (χ1v) is 8.01. The van der Waals surface area contributed by atoms with Crippen LogP contribution >= 0.6 is 23.4 Å². The SMILES string of the molecule is CN(CCSc1cnn(C)c(=O)c1Cl)Cc1ccccc1.